The maximum Gasteiger partial charge on any atom is 0.237 e. The molecule has 0 saturated heterocycles. The van der Waals surface area contributed by atoms with E-state index in [2.05, 4.69) is 12.2 Å². The van der Waals surface area contributed by atoms with Gasteiger partial charge in [-0.1, -0.05) is 6.92 Å². The predicted octanol–water partition coefficient (Wildman–Crippen LogP) is 1.44. The van der Waals surface area contributed by atoms with Crippen LogP contribution in [0.2, 0.25) is 0 Å². The average molecular weight is 242 g/mol. The second-order valence-electron chi connectivity index (χ2n) is 5.24. The van der Waals surface area contributed by atoms with Gasteiger partial charge in [0.1, 0.15) is 0 Å². The Kier molecular flexibility index (Phi) is 5.92. The van der Waals surface area contributed by atoms with E-state index < -0.39 is 5.54 Å². The van der Waals surface area contributed by atoms with Crippen molar-refractivity contribution in [3.05, 3.63) is 0 Å². The van der Waals surface area contributed by atoms with E-state index >= 15 is 0 Å². The summed E-state index contributed by atoms with van der Waals surface area (Å²) < 4.78 is 5.56. The van der Waals surface area contributed by atoms with E-state index in [1.54, 1.807) is 0 Å². The molecule has 0 aromatic carbocycles. The number of amides is 1. The number of rotatable bonds is 10. The van der Waals surface area contributed by atoms with Crippen molar-refractivity contribution in [2.75, 3.05) is 19.8 Å². The molecule has 3 N–H and O–H groups in total. The number of primary amides is 1. The number of nitrogens with two attached hydrogens (primary N) is 1. The minimum Gasteiger partial charge on any atom is -0.381 e. The van der Waals surface area contributed by atoms with Crippen molar-refractivity contribution in [1.29, 1.82) is 0 Å². The van der Waals surface area contributed by atoms with E-state index in [9.17, 15) is 4.79 Å². The van der Waals surface area contributed by atoms with E-state index in [-0.39, 0.29) is 5.91 Å². The zero-order chi connectivity index (χ0) is 12.7. The first-order valence-corrected chi connectivity index (χ1v) is 6.71. The van der Waals surface area contributed by atoms with Gasteiger partial charge in [-0.3, -0.25) is 4.79 Å². The first kappa shape index (κ1) is 14.5. The number of hydrogen-bond acceptors (Lipinski definition) is 3. The summed E-state index contributed by atoms with van der Waals surface area (Å²) in [5.41, 5.74) is 4.86. The fraction of sp³-hybridized carbons (Fsp3) is 0.923. The van der Waals surface area contributed by atoms with E-state index in [0.29, 0.717) is 0 Å². The van der Waals surface area contributed by atoms with Crippen LogP contribution in [0.1, 0.15) is 46.0 Å². The molecule has 0 radical (unpaired) electrons. The molecule has 1 saturated carbocycles. The summed E-state index contributed by atoms with van der Waals surface area (Å²) in [5.74, 6) is 0.531. The summed E-state index contributed by atoms with van der Waals surface area (Å²) in [6, 6.07) is 0. The van der Waals surface area contributed by atoms with Gasteiger partial charge in [-0.15, -0.1) is 0 Å². The van der Waals surface area contributed by atoms with Gasteiger partial charge < -0.3 is 15.8 Å². The zero-order valence-electron chi connectivity index (χ0n) is 11.1. The summed E-state index contributed by atoms with van der Waals surface area (Å²) in [6.45, 7) is 6.39. The molecule has 0 bridgehead atoms. The standard InChI is InChI=1S/C13H26N2O2/c1-3-8-15-13(2,12(14)16)7-4-9-17-10-11-5-6-11/h11,15H,3-10H2,1-2H3,(H2,14,16). The highest BCUT2D eigenvalue weighted by Crippen LogP contribution is 2.28. The normalized spacial score (nSPS) is 18.9. The molecule has 1 amide bonds. The van der Waals surface area contributed by atoms with E-state index in [1.807, 2.05) is 6.92 Å². The lowest BCUT2D eigenvalue weighted by Gasteiger charge is -2.27. The Morgan fingerprint density at radius 3 is 2.76 bits per heavy atom. The maximum atomic E-state index is 11.4. The van der Waals surface area contributed by atoms with Crippen molar-refractivity contribution in [1.82, 2.24) is 5.32 Å². The first-order chi connectivity index (χ1) is 8.08. The lowest BCUT2D eigenvalue weighted by Crippen LogP contribution is -2.53. The van der Waals surface area contributed by atoms with Crippen LogP contribution in [-0.4, -0.2) is 31.2 Å². The number of nitrogens with one attached hydrogen (secondary N) is 1. The van der Waals surface area contributed by atoms with Crippen molar-refractivity contribution < 1.29 is 9.53 Å². The fourth-order valence-corrected chi connectivity index (χ4v) is 1.76. The zero-order valence-corrected chi connectivity index (χ0v) is 11.1. The van der Waals surface area contributed by atoms with Crippen LogP contribution in [0, 0.1) is 5.92 Å². The lowest BCUT2D eigenvalue weighted by atomic mass is 9.95. The third-order valence-corrected chi connectivity index (χ3v) is 3.32. The highest BCUT2D eigenvalue weighted by Gasteiger charge is 2.29. The minimum absolute atomic E-state index is 0.270. The van der Waals surface area contributed by atoms with E-state index in [1.165, 1.54) is 12.8 Å². The predicted molar refractivity (Wildman–Crippen MR) is 68.7 cm³/mol. The number of hydrogen-bond donors (Lipinski definition) is 2. The van der Waals surface area contributed by atoms with E-state index in [0.717, 1.165) is 44.9 Å². The van der Waals surface area contributed by atoms with Gasteiger partial charge >= 0.3 is 0 Å². The molecule has 0 aromatic rings. The Bertz CT molecular complexity index is 242. The monoisotopic (exact) mass is 242 g/mol. The molecule has 1 rings (SSSR count). The molecule has 4 heteroatoms. The SMILES string of the molecule is CCCNC(C)(CCCOCC1CC1)C(N)=O. The largest absolute Gasteiger partial charge is 0.381 e. The highest BCUT2D eigenvalue weighted by atomic mass is 16.5. The Hall–Kier alpha value is -0.610. The molecule has 0 spiro atoms. The Morgan fingerprint density at radius 2 is 2.24 bits per heavy atom. The third kappa shape index (κ3) is 5.50. The lowest BCUT2D eigenvalue weighted by molar-refractivity contribution is -0.124. The van der Waals surface area contributed by atoms with Crippen molar-refractivity contribution >= 4 is 5.91 Å². The van der Waals surface area contributed by atoms with Gasteiger partial charge in [0.2, 0.25) is 5.91 Å². The minimum atomic E-state index is -0.584. The molecule has 17 heavy (non-hydrogen) atoms. The Balaban J connectivity index is 2.15. The van der Waals surface area contributed by atoms with Gasteiger partial charge in [-0.25, -0.2) is 0 Å². The van der Waals surface area contributed by atoms with Gasteiger partial charge in [-0.2, -0.15) is 0 Å². The molecule has 1 unspecified atom stereocenters. The highest BCUT2D eigenvalue weighted by molar-refractivity contribution is 5.84. The summed E-state index contributed by atoms with van der Waals surface area (Å²) in [5, 5.41) is 3.23. The summed E-state index contributed by atoms with van der Waals surface area (Å²) in [6.07, 6.45) is 5.25. The van der Waals surface area contributed by atoms with Gasteiger partial charge in [-0.05, 0) is 51.5 Å². The second kappa shape index (κ2) is 6.97. The van der Waals surface area contributed by atoms with Crippen molar-refractivity contribution in [3.63, 3.8) is 0 Å². The van der Waals surface area contributed by atoms with Crippen molar-refractivity contribution in [3.8, 4) is 0 Å². The molecule has 1 fully saturated rings. The van der Waals surface area contributed by atoms with Crippen molar-refractivity contribution in [2.24, 2.45) is 11.7 Å². The quantitative estimate of drug-likeness (QED) is 0.570. The van der Waals surface area contributed by atoms with E-state index in [4.69, 9.17) is 10.5 Å². The third-order valence-electron chi connectivity index (χ3n) is 3.32. The molecular weight excluding hydrogens is 216 g/mol. The van der Waals surface area contributed by atoms with Gasteiger partial charge in [0, 0.05) is 13.2 Å². The summed E-state index contributed by atoms with van der Waals surface area (Å²) >= 11 is 0. The molecule has 1 aliphatic carbocycles. The number of ether oxygens (including phenoxy) is 1. The molecular formula is C13H26N2O2. The molecule has 0 heterocycles. The molecule has 1 aliphatic rings. The van der Waals surface area contributed by atoms with Crippen LogP contribution in [0.3, 0.4) is 0 Å². The number of carbonyl (C=O) groups is 1. The smallest absolute Gasteiger partial charge is 0.237 e. The van der Waals surface area contributed by atoms with Crippen LogP contribution in [0.5, 0.6) is 0 Å². The average Bonchev–Trinajstić information content (AvgIpc) is 3.09. The molecule has 4 nitrogen and oxygen atoms in total. The molecule has 0 aromatic heterocycles. The van der Waals surface area contributed by atoms with Crippen LogP contribution in [0.25, 0.3) is 0 Å². The van der Waals surface area contributed by atoms with Crippen LogP contribution >= 0.6 is 0 Å². The maximum absolute atomic E-state index is 11.4. The van der Waals surface area contributed by atoms with Gasteiger partial charge in [0.25, 0.3) is 0 Å². The summed E-state index contributed by atoms with van der Waals surface area (Å²) in [4.78, 5) is 11.4. The summed E-state index contributed by atoms with van der Waals surface area (Å²) in [7, 11) is 0. The first-order valence-electron chi connectivity index (χ1n) is 6.71. The van der Waals surface area contributed by atoms with Crippen LogP contribution in [0.4, 0.5) is 0 Å². The Labute approximate surface area is 104 Å². The Morgan fingerprint density at radius 1 is 1.53 bits per heavy atom. The van der Waals surface area contributed by atoms with Crippen molar-refractivity contribution in [2.45, 2.75) is 51.5 Å². The molecule has 0 aliphatic heterocycles. The molecule has 100 valence electrons. The molecule has 1 atom stereocenters. The van der Waals surface area contributed by atoms with Crippen LogP contribution in [-0.2, 0) is 9.53 Å². The fourth-order valence-electron chi connectivity index (χ4n) is 1.76. The van der Waals surface area contributed by atoms with Gasteiger partial charge in [0.05, 0.1) is 5.54 Å². The van der Waals surface area contributed by atoms with Crippen LogP contribution < -0.4 is 11.1 Å². The van der Waals surface area contributed by atoms with Gasteiger partial charge in [0.15, 0.2) is 0 Å². The second-order valence-corrected chi connectivity index (χ2v) is 5.24. The topological polar surface area (TPSA) is 64.3 Å². The number of carbonyl (C=O) groups excluding carboxylic acids is 1. The van der Waals surface area contributed by atoms with Crippen LogP contribution in [0.15, 0.2) is 0 Å².